The highest BCUT2D eigenvalue weighted by Crippen LogP contribution is 2.47. The van der Waals surface area contributed by atoms with Crippen LogP contribution >= 0.6 is 0 Å². The van der Waals surface area contributed by atoms with Gasteiger partial charge in [-0.2, -0.15) is 0 Å². The number of hydrogen-bond acceptors (Lipinski definition) is 2. The second-order valence-electron chi connectivity index (χ2n) is 7.82. The molecule has 1 saturated carbocycles. The lowest BCUT2D eigenvalue weighted by Gasteiger charge is -2.27. The van der Waals surface area contributed by atoms with E-state index >= 15 is 0 Å². The van der Waals surface area contributed by atoms with Gasteiger partial charge in [0.15, 0.2) is 0 Å². The van der Waals surface area contributed by atoms with Gasteiger partial charge in [0, 0.05) is 19.0 Å². The van der Waals surface area contributed by atoms with E-state index in [9.17, 15) is 9.18 Å². The van der Waals surface area contributed by atoms with Crippen molar-refractivity contribution in [3.63, 3.8) is 0 Å². The number of nitrogens with one attached hydrogen (secondary N) is 1. The fourth-order valence-electron chi connectivity index (χ4n) is 4.12. The van der Waals surface area contributed by atoms with Crippen LogP contribution in [0.5, 0.6) is 0 Å². The van der Waals surface area contributed by atoms with E-state index in [1.165, 1.54) is 55.6 Å². The van der Waals surface area contributed by atoms with Gasteiger partial charge in [-0.05, 0) is 67.1 Å². The lowest BCUT2D eigenvalue weighted by Crippen LogP contribution is -2.30. The lowest BCUT2D eigenvalue weighted by atomic mass is 10.0. The Bertz CT molecular complexity index is 783. The Hall–Kier alpha value is -2.20. The summed E-state index contributed by atoms with van der Waals surface area (Å²) in [4.78, 5) is 15.0. The van der Waals surface area contributed by atoms with Crippen molar-refractivity contribution in [3.05, 3.63) is 71.0 Å². The van der Waals surface area contributed by atoms with E-state index in [0.29, 0.717) is 6.54 Å². The summed E-state index contributed by atoms with van der Waals surface area (Å²) in [5.41, 5.74) is 3.57. The maximum Gasteiger partial charge on any atom is 0.224 e. The topological polar surface area (TPSA) is 32.3 Å². The molecule has 1 heterocycles. The Labute approximate surface area is 160 Å². The minimum absolute atomic E-state index is 0.0183. The average molecular weight is 366 g/mol. The van der Waals surface area contributed by atoms with Crippen molar-refractivity contribution < 1.29 is 9.18 Å². The first kappa shape index (κ1) is 18.2. The molecular formula is C23H27FN2O. The minimum Gasteiger partial charge on any atom is -0.352 e. The molecule has 1 aliphatic carbocycles. The molecule has 2 unspecified atom stereocenters. The molecule has 1 amide bonds. The SMILES string of the molecule is O=C(NCc1ccccc1CN1CCCCC1)C1CC1c1ccc(F)cc1. The number of amides is 1. The summed E-state index contributed by atoms with van der Waals surface area (Å²) in [5.74, 6) is 0.127. The summed E-state index contributed by atoms with van der Waals surface area (Å²) in [6.07, 6.45) is 4.76. The number of carbonyl (C=O) groups excluding carboxylic acids is 1. The van der Waals surface area contributed by atoms with Gasteiger partial charge >= 0.3 is 0 Å². The van der Waals surface area contributed by atoms with Crippen LogP contribution in [0.25, 0.3) is 0 Å². The molecule has 1 aliphatic heterocycles. The smallest absolute Gasteiger partial charge is 0.224 e. The molecule has 2 aliphatic rings. The summed E-state index contributed by atoms with van der Waals surface area (Å²) >= 11 is 0. The monoisotopic (exact) mass is 366 g/mol. The predicted octanol–water partition coefficient (Wildman–Crippen LogP) is 4.23. The van der Waals surface area contributed by atoms with Crippen LogP contribution in [-0.4, -0.2) is 23.9 Å². The molecule has 3 nitrogen and oxygen atoms in total. The minimum atomic E-state index is -0.231. The third-order valence-electron chi connectivity index (χ3n) is 5.84. The van der Waals surface area contributed by atoms with Gasteiger partial charge < -0.3 is 5.32 Å². The Kier molecular flexibility index (Phi) is 5.53. The van der Waals surface area contributed by atoms with Crippen molar-refractivity contribution in [2.24, 2.45) is 5.92 Å². The van der Waals surface area contributed by atoms with Crippen LogP contribution in [0.4, 0.5) is 4.39 Å². The maximum absolute atomic E-state index is 13.1. The van der Waals surface area contributed by atoms with Gasteiger partial charge in [-0.25, -0.2) is 4.39 Å². The molecule has 1 saturated heterocycles. The summed E-state index contributed by atoms with van der Waals surface area (Å²) in [6, 6.07) is 14.9. The van der Waals surface area contributed by atoms with Crippen molar-refractivity contribution in [1.82, 2.24) is 10.2 Å². The van der Waals surface area contributed by atoms with Crippen LogP contribution in [0.3, 0.4) is 0 Å². The first-order valence-corrected chi connectivity index (χ1v) is 10.0. The van der Waals surface area contributed by atoms with Crippen LogP contribution < -0.4 is 5.32 Å². The standard InChI is InChI=1S/C23H27FN2O/c24-20-10-8-17(9-11-20)21-14-22(21)23(27)25-15-18-6-2-3-7-19(18)16-26-12-4-1-5-13-26/h2-3,6-11,21-22H,1,4-5,12-16H2,(H,25,27). The maximum atomic E-state index is 13.1. The molecule has 1 N–H and O–H groups in total. The number of hydrogen-bond donors (Lipinski definition) is 1. The van der Waals surface area contributed by atoms with Crippen LogP contribution in [0, 0.1) is 11.7 Å². The number of nitrogens with zero attached hydrogens (tertiary/aromatic N) is 1. The highest BCUT2D eigenvalue weighted by Gasteiger charge is 2.43. The van der Waals surface area contributed by atoms with Crippen molar-refractivity contribution in [3.8, 4) is 0 Å². The van der Waals surface area contributed by atoms with E-state index in [1.54, 1.807) is 12.1 Å². The normalized spacial score (nSPS) is 22.4. The third kappa shape index (κ3) is 4.56. The zero-order valence-corrected chi connectivity index (χ0v) is 15.7. The summed E-state index contributed by atoms with van der Waals surface area (Å²) in [7, 11) is 0. The van der Waals surface area contributed by atoms with E-state index in [0.717, 1.165) is 18.5 Å². The largest absolute Gasteiger partial charge is 0.352 e. The molecule has 2 aromatic carbocycles. The molecule has 4 rings (SSSR count). The summed E-state index contributed by atoms with van der Waals surface area (Å²) in [6.45, 7) is 3.88. The molecule has 0 radical (unpaired) electrons. The van der Waals surface area contributed by atoms with Crippen LogP contribution in [0.1, 0.15) is 48.3 Å². The quantitative estimate of drug-likeness (QED) is 0.830. The number of halogens is 1. The van der Waals surface area contributed by atoms with Gasteiger partial charge in [0.2, 0.25) is 5.91 Å². The predicted molar refractivity (Wildman–Crippen MR) is 105 cm³/mol. The van der Waals surface area contributed by atoms with Gasteiger partial charge in [-0.15, -0.1) is 0 Å². The fraction of sp³-hybridized carbons (Fsp3) is 0.435. The van der Waals surface area contributed by atoms with Crippen LogP contribution in [0.15, 0.2) is 48.5 Å². The number of piperidine rings is 1. The molecule has 2 fully saturated rings. The molecule has 0 bridgehead atoms. The van der Waals surface area contributed by atoms with E-state index < -0.39 is 0 Å². The summed E-state index contributed by atoms with van der Waals surface area (Å²) in [5, 5.41) is 3.12. The first-order valence-electron chi connectivity index (χ1n) is 10.0. The molecule has 2 atom stereocenters. The van der Waals surface area contributed by atoms with Gasteiger partial charge in [0.1, 0.15) is 5.82 Å². The van der Waals surface area contributed by atoms with Crippen molar-refractivity contribution >= 4 is 5.91 Å². The zero-order valence-electron chi connectivity index (χ0n) is 15.7. The molecule has 27 heavy (non-hydrogen) atoms. The van der Waals surface area contributed by atoms with E-state index in [2.05, 4.69) is 28.4 Å². The second kappa shape index (κ2) is 8.22. The number of rotatable bonds is 6. The molecule has 0 spiro atoms. The fourth-order valence-corrected chi connectivity index (χ4v) is 4.12. The highest BCUT2D eigenvalue weighted by molar-refractivity contribution is 5.82. The first-order chi connectivity index (χ1) is 13.2. The van der Waals surface area contributed by atoms with Gasteiger partial charge in [-0.3, -0.25) is 9.69 Å². The van der Waals surface area contributed by atoms with Crippen molar-refractivity contribution in [2.45, 2.75) is 44.7 Å². The average Bonchev–Trinajstić information content (AvgIpc) is 3.49. The van der Waals surface area contributed by atoms with Crippen LogP contribution in [-0.2, 0) is 17.9 Å². The lowest BCUT2D eigenvalue weighted by molar-refractivity contribution is -0.122. The Balaban J connectivity index is 1.32. The Morgan fingerprint density at radius 3 is 2.44 bits per heavy atom. The number of carbonyl (C=O) groups is 1. The molecule has 142 valence electrons. The van der Waals surface area contributed by atoms with Gasteiger partial charge in [-0.1, -0.05) is 42.8 Å². The highest BCUT2D eigenvalue weighted by atomic mass is 19.1. The van der Waals surface area contributed by atoms with E-state index in [1.807, 2.05) is 6.07 Å². The molecule has 0 aromatic heterocycles. The van der Waals surface area contributed by atoms with Crippen LogP contribution in [0.2, 0.25) is 0 Å². The Morgan fingerprint density at radius 1 is 1.00 bits per heavy atom. The van der Waals surface area contributed by atoms with E-state index in [-0.39, 0.29) is 23.6 Å². The van der Waals surface area contributed by atoms with Crippen molar-refractivity contribution in [2.75, 3.05) is 13.1 Å². The number of benzene rings is 2. The number of likely N-dealkylation sites (tertiary alicyclic amines) is 1. The van der Waals surface area contributed by atoms with Gasteiger partial charge in [0.25, 0.3) is 0 Å². The molecular weight excluding hydrogens is 339 g/mol. The van der Waals surface area contributed by atoms with E-state index in [4.69, 9.17) is 0 Å². The Morgan fingerprint density at radius 2 is 1.70 bits per heavy atom. The third-order valence-corrected chi connectivity index (χ3v) is 5.84. The second-order valence-corrected chi connectivity index (χ2v) is 7.82. The molecule has 4 heteroatoms. The van der Waals surface area contributed by atoms with Gasteiger partial charge in [0.05, 0.1) is 0 Å². The molecule has 2 aromatic rings. The van der Waals surface area contributed by atoms with Crippen molar-refractivity contribution in [1.29, 1.82) is 0 Å². The zero-order chi connectivity index (χ0) is 18.6. The summed E-state index contributed by atoms with van der Waals surface area (Å²) < 4.78 is 13.1.